The molecule has 0 N–H and O–H groups in total. The van der Waals surface area contributed by atoms with E-state index in [1.807, 2.05) is 0 Å². The Labute approximate surface area is 242 Å². The normalized spacial score (nSPS) is 11.8. The fraction of sp³-hybridized carbons (Fsp3) is 0. The van der Waals surface area contributed by atoms with Crippen molar-refractivity contribution in [2.24, 2.45) is 0 Å². The summed E-state index contributed by atoms with van der Waals surface area (Å²) in [7, 11) is 0. The number of hydrogen-bond acceptors (Lipinski definition) is 1. The van der Waals surface area contributed by atoms with Crippen molar-refractivity contribution in [3.63, 3.8) is 0 Å². The second-order valence-electron chi connectivity index (χ2n) is 10.8. The van der Waals surface area contributed by atoms with Gasteiger partial charge in [0.25, 0.3) is 0 Å². The summed E-state index contributed by atoms with van der Waals surface area (Å²) in [5, 5.41) is 7.39. The lowest BCUT2D eigenvalue weighted by atomic mass is 10.0. The number of fused-ring (bicyclic) bond motifs is 8. The summed E-state index contributed by atoms with van der Waals surface area (Å²) in [5.41, 5.74) is 7.99. The molecule has 3 nitrogen and oxygen atoms in total. The second kappa shape index (κ2) is 8.92. The molecule has 3 heterocycles. The van der Waals surface area contributed by atoms with Crippen molar-refractivity contribution in [3.8, 4) is 22.8 Å². The zero-order chi connectivity index (χ0) is 27.6. The molecule has 0 fully saturated rings. The minimum atomic E-state index is 0.911. The Kier molecular flexibility index (Phi) is 4.90. The van der Waals surface area contributed by atoms with Crippen molar-refractivity contribution in [2.75, 3.05) is 0 Å². The van der Waals surface area contributed by atoms with Crippen molar-refractivity contribution in [2.45, 2.75) is 0 Å². The first kappa shape index (κ1) is 23.1. The first-order valence-electron chi connectivity index (χ1n) is 14.3. The van der Waals surface area contributed by atoms with Gasteiger partial charge in [0.2, 0.25) is 0 Å². The largest absolute Gasteiger partial charge is 0.309 e. The summed E-state index contributed by atoms with van der Waals surface area (Å²) in [6, 6.07) is 54.0. The van der Waals surface area contributed by atoms with Crippen LogP contribution in [0.1, 0.15) is 0 Å². The van der Waals surface area contributed by atoms with Gasteiger partial charge in [-0.1, -0.05) is 109 Å². The molecule has 0 aliphatic rings. The Morgan fingerprint density at radius 1 is 0.405 bits per heavy atom. The van der Waals surface area contributed by atoms with E-state index >= 15 is 0 Å². The van der Waals surface area contributed by atoms with Gasteiger partial charge in [-0.25, -0.2) is 4.98 Å². The molecule has 0 aliphatic heterocycles. The van der Waals surface area contributed by atoms with Crippen LogP contribution in [0.15, 0.2) is 152 Å². The number of benzene rings is 6. The third kappa shape index (κ3) is 3.25. The van der Waals surface area contributed by atoms with Gasteiger partial charge in [-0.05, 0) is 53.2 Å². The highest BCUT2D eigenvalue weighted by Gasteiger charge is 2.21. The maximum Gasteiger partial charge on any atom is 0.138 e. The van der Waals surface area contributed by atoms with E-state index in [9.17, 15) is 0 Å². The molecule has 0 bridgehead atoms. The maximum absolute atomic E-state index is 5.30. The molecule has 0 aliphatic carbocycles. The molecule has 3 heteroatoms. The van der Waals surface area contributed by atoms with Crippen LogP contribution < -0.4 is 0 Å². The van der Waals surface area contributed by atoms with Crippen molar-refractivity contribution in [3.05, 3.63) is 152 Å². The molecule has 196 valence electrons. The van der Waals surface area contributed by atoms with Gasteiger partial charge in [0.15, 0.2) is 0 Å². The van der Waals surface area contributed by atoms with E-state index in [0.717, 1.165) is 33.8 Å². The predicted molar refractivity (Wildman–Crippen MR) is 176 cm³/mol. The highest BCUT2D eigenvalue weighted by molar-refractivity contribution is 6.26. The molecule has 9 rings (SSSR count). The lowest BCUT2D eigenvalue weighted by molar-refractivity contribution is 1.08. The quantitative estimate of drug-likeness (QED) is 0.221. The van der Waals surface area contributed by atoms with Gasteiger partial charge in [-0.2, -0.15) is 0 Å². The Morgan fingerprint density at radius 3 is 1.93 bits per heavy atom. The van der Waals surface area contributed by atoms with Crippen LogP contribution in [0.4, 0.5) is 0 Å². The number of para-hydroxylation sites is 3. The zero-order valence-electron chi connectivity index (χ0n) is 22.8. The van der Waals surface area contributed by atoms with Crippen LogP contribution in [-0.2, 0) is 0 Å². The first-order valence-corrected chi connectivity index (χ1v) is 14.3. The summed E-state index contributed by atoms with van der Waals surface area (Å²) in [6.45, 7) is 0. The molecule has 9 aromatic rings. The summed E-state index contributed by atoms with van der Waals surface area (Å²) in [6.07, 6.45) is 0. The fourth-order valence-corrected chi connectivity index (χ4v) is 6.75. The SMILES string of the molecule is c1ccc(-n2c3ccccc3c3ccc4c(c5ccccc5n4-c4cccc(-c5cccc6ccccc56)n4)c32)cc1. The summed E-state index contributed by atoms with van der Waals surface area (Å²) < 4.78 is 4.75. The molecular formula is C39H25N3. The Balaban J connectivity index is 1.39. The van der Waals surface area contributed by atoms with Crippen LogP contribution in [-0.4, -0.2) is 14.1 Å². The Morgan fingerprint density at radius 2 is 1.07 bits per heavy atom. The molecule has 0 saturated heterocycles. The topological polar surface area (TPSA) is 22.8 Å². The molecule has 3 aromatic heterocycles. The summed E-state index contributed by atoms with van der Waals surface area (Å²) in [5.74, 6) is 0.911. The number of rotatable bonds is 3. The number of aromatic nitrogens is 3. The number of nitrogens with zero attached hydrogens (tertiary/aromatic N) is 3. The average molecular weight is 536 g/mol. The van der Waals surface area contributed by atoms with Gasteiger partial charge in [-0.15, -0.1) is 0 Å². The Bertz CT molecular complexity index is 2460. The number of pyridine rings is 1. The van der Waals surface area contributed by atoms with E-state index in [1.165, 1.54) is 43.4 Å². The smallest absolute Gasteiger partial charge is 0.138 e. The first-order chi connectivity index (χ1) is 20.9. The van der Waals surface area contributed by atoms with E-state index in [-0.39, 0.29) is 0 Å². The molecule has 0 unspecified atom stereocenters. The van der Waals surface area contributed by atoms with E-state index in [2.05, 4.69) is 161 Å². The third-order valence-corrected chi connectivity index (χ3v) is 8.51. The average Bonchev–Trinajstić information content (AvgIpc) is 3.58. The predicted octanol–water partition coefficient (Wildman–Crippen LogP) is 10.1. The van der Waals surface area contributed by atoms with E-state index in [4.69, 9.17) is 4.98 Å². The molecule has 6 aromatic carbocycles. The van der Waals surface area contributed by atoms with Gasteiger partial charge >= 0.3 is 0 Å². The van der Waals surface area contributed by atoms with Gasteiger partial charge in [0, 0.05) is 32.8 Å². The van der Waals surface area contributed by atoms with Gasteiger partial charge in [0.1, 0.15) is 5.82 Å². The van der Waals surface area contributed by atoms with Gasteiger partial charge in [-0.3, -0.25) is 4.57 Å². The third-order valence-electron chi connectivity index (χ3n) is 8.51. The molecule has 0 saturated carbocycles. The van der Waals surface area contributed by atoms with Crippen LogP contribution in [0.5, 0.6) is 0 Å². The summed E-state index contributed by atoms with van der Waals surface area (Å²) in [4.78, 5) is 5.30. The van der Waals surface area contributed by atoms with Crippen LogP contribution in [0.3, 0.4) is 0 Å². The van der Waals surface area contributed by atoms with E-state index in [0.29, 0.717) is 0 Å². The zero-order valence-corrected chi connectivity index (χ0v) is 22.8. The second-order valence-corrected chi connectivity index (χ2v) is 10.8. The molecule has 42 heavy (non-hydrogen) atoms. The van der Waals surface area contributed by atoms with Crippen LogP contribution in [0.2, 0.25) is 0 Å². The van der Waals surface area contributed by atoms with Crippen molar-refractivity contribution in [1.82, 2.24) is 14.1 Å². The van der Waals surface area contributed by atoms with Gasteiger partial charge < -0.3 is 4.57 Å². The van der Waals surface area contributed by atoms with Crippen LogP contribution >= 0.6 is 0 Å². The molecule has 0 atom stereocenters. The molecule has 0 radical (unpaired) electrons. The van der Waals surface area contributed by atoms with E-state index < -0.39 is 0 Å². The maximum atomic E-state index is 5.30. The highest BCUT2D eigenvalue weighted by Crippen LogP contribution is 2.41. The number of hydrogen-bond donors (Lipinski definition) is 0. The van der Waals surface area contributed by atoms with Crippen molar-refractivity contribution in [1.29, 1.82) is 0 Å². The lowest BCUT2D eigenvalue weighted by Crippen LogP contribution is -1.99. The van der Waals surface area contributed by atoms with Crippen LogP contribution in [0, 0.1) is 0 Å². The molecule has 0 spiro atoms. The van der Waals surface area contributed by atoms with Crippen molar-refractivity contribution >= 4 is 54.4 Å². The highest BCUT2D eigenvalue weighted by atomic mass is 15.1. The molecule has 0 amide bonds. The van der Waals surface area contributed by atoms with Crippen molar-refractivity contribution < 1.29 is 0 Å². The fourth-order valence-electron chi connectivity index (χ4n) is 6.75. The minimum Gasteiger partial charge on any atom is -0.309 e. The molecular weight excluding hydrogens is 510 g/mol. The summed E-state index contributed by atoms with van der Waals surface area (Å²) >= 11 is 0. The minimum absolute atomic E-state index is 0.911. The monoisotopic (exact) mass is 535 g/mol. The van der Waals surface area contributed by atoms with E-state index in [1.54, 1.807) is 0 Å². The van der Waals surface area contributed by atoms with Crippen LogP contribution in [0.25, 0.3) is 77.1 Å². The Hall–Kier alpha value is -5.67. The lowest BCUT2D eigenvalue weighted by Gasteiger charge is -2.11. The standard InChI is InChI=1S/C39H25N3/c1-2-14-27(15-3-1)41-34-21-8-6-17-30(34)31-24-25-36-38(39(31)41)32-18-7-9-22-35(32)42(36)37-23-11-20-33(40-37)29-19-10-13-26-12-4-5-16-28(26)29/h1-25H. The van der Waals surface area contributed by atoms with Gasteiger partial charge in [0.05, 0.1) is 27.8 Å².